The maximum Gasteiger partial charge on any atom is 0.230 e. The zero-order chi connectivity index (χ0) is 29.9. The van der Waals surface area contributed by atoms with Crippen molar-refractivity contribution in [3.63, 3.8) is 0 Å². The van der Waals surface area contributed by atoms with Gasteiger partial charge in [-0.25, -0.2) is 0 Å². The number of rotatable bonds is 6. The fraction of sp³-hybridized carbons (Fsp3) is 0.526. The summed E-state index contributed by atoms with van der Waals surface area (Å²) in [5.74, 6) is -0.523. The van der Waals surface area contributed by atoms with Crippen molar-refractivity contribution in [3.05, 3.63) is 95.3 Å². The number of piperidine rings is 2. The van der Waals surface area contributed by atoms with E-state index >= 15 is 0 Å². The second-order valence-corrected chi connectivity index (χ2v) is 13.6. The molecular weight excluding hydrogens is 544 g/mol. The molecule has 4 atom stereocenters. The van der Waals surface area contributed by atoms with Gasteiger partial charge in [0.2, 0.25) is 11.8 Å². The smallest absolute Gasteiger partial charge is 0.230 e. The summed E-state index contributed by atoms with van der Waals surface area (Å²) in [5.41, 5.74) is 4.93. The van der Waals surface area contributed by atoms with E-state index in [4.69, 9.17) is 0 Å². The van der Waals surface area contributed by atoms with Crippen LogP contribution in [0.5, 0.6) is 0 Å². The van der Waals surface area contributed by atoms with Gasteiger partial charge in [0.1, 0.15) is 0 Å². The molecule has 44 heavy (non-hydrogen) atoms. The summed E-state index contributed by atoms with van der Waals surface area (Å²) in [4.78, 5) is 33.4. The van der Waals surface area contributed by atoms with E-state index < -0.39 is 0 Å². The van der Waals surface area contributed by atoms with Crippen LogP contribution in [0.4, 0.5) is 0 Å². The Bertz CT molecular complexity index is 1250. The average molecular weight is 593 g/mol. The average Bonchev–Trinajstić information content (AvgIpc) is 3.09. The molecule has 2 aromatic rings. The molecule has 2 N–H and O–H groups in total. The van der Waals surface area contributed by atoms with Gasteiger partial charge in [0.15, 0.2) is 0 Å². The highest BCUT2D eigenvalue weighted by atomic mass is 16.2. The van der Waals surface area contributed by atoms with E-state index in [1.54, 1.807) is 0 Å². The number of benzene rings is 2. The Balaban J connectivity index is 1.23. The Kier molecular flexibility index (Phi) is 8.99. The van der Waals surface area contributed by atoms with Gasteiger partial charge in [-0.2, -0.15) is 0 Å². The van der Waals surface area contributed by atoms with E-state index in [1.165, 1.54) is 36.8 Å². The van der Waals surface area contributed by atoms with Gasteiger partial charge in [0, 0.05) is 49.4 Å². The lowest BCUT2D eigenvalue weighted by Gasteiger charge is -2.53. The van der Waals surface area contributed by atoms with Crippen molar-refractivity contribution >= 4 is 11.8 Å². The second-order valence-electron chi connectivity index (χ2n) is 13.6. The first-order valence-corrected chi connectivity index (χ1v) is 17.3. The molecule has 232 valence electrons. The third-order valence-electron chi connectivity index (χ3n) is 10.9. The maximum absolute atomic E-state index is 14.7. The number of carbonyl (C=O) groups excluding carboxylic acids is 2. The lowest BCUT2D eigenvalue weighted by molar-refractivity contribution is -0.150. The topological polar surface area (TPSA) is 64.7 Å². The molecule has 2 unspecified atom stereocenters. The van der Waals surface area contributed by atoms with E-state index in [9.17, 15) is 9.59 Å². The maximum atomic E-state index is 14.7. The zero-order valence-electron chi connectivity index (χ0n) is 26.0. The summed E-state index contributed by atoms with van der Waals surface area (Å²) in [6.45, 7) is 3.61. The van der Waals surface area contributed by atoms with Crippen molar-refractivity contribution in [2.75, 3.05) is 26.2 Å². The lowest BCUT2D eigenvalue weighted by atomic mass is 9.51. The van der Waals surface area contributed by atoms with E-state index in [0.717, 1.165) is 75.8 Å². The van der Waals surface area contributed by atoms with Gasteiger partial charge >= 0.3 is 0 Å². The molecule has 4 heterocycles. The van der Waals surface area contributed by atoms with Gasteiger partial charge in [0.25, 0.3) is 0 Å². The van der Waals surface area contributed by atoms with Crippen LogP contribution in [-0.2, 0) is 9.59 Å². The number of carbonyl (C=O) groups is 2. The summed E-state index contributed by atoms with van der Waals surface area (Å²) in [6.07, 6.45) is 15.7. The second kappa shape index (κ2) is 13.4. The minimum Gasteiger partial charge on any atom is -0.319 e. The SMILES string of the molecule is O=C(C1C(c2ccccc2)C(C(=O)N2C=C([C@H]3CCCCN3)CCC2)C1c1ccccc1)N1C=C([C@@H]2CCCCN2)CCC1. The highest BCUT2D eigenvalue weighted by Crippen LogP contribution is 2.59. The molecule has 2 amide bonds. The van der Waals surface area contributed by atoms with Gasteiger partial charge in [-0.1, -0.05) is 73.5 Å². The van der Waals surface area contributed by atoms with Crippen molar-refractivity contribution in [2.24, 2.45) is 11.8 Å². The molecule has 6 heteroatoms. The summed E-state index contributed by atoms with van der Waals surface area (Å²) in [7, 11) is 0. The molecule has 0 radical (unpaired) electrons. The predicted octanol–water partition coefficient (Wildman–Crippen LogP) is 6.10. The minimum absolute atomic E-state index is 0.153. The van der Waals surface area contributed by atoms with Crippen molar-refractivity contribution in [3.8, 4) is 0 Å². The molecule has 7 rings (SSSR count). The Hall–Kier alpha value is -3.22. The molecule has 4 aliphatic heterocycles. The van der Waals surface area contributed by atoms with Crippen LogP contribution in [0.3, 0.4) is 0 Å². The van der Waals surface area contributed by atoms with Crippen LogP contribution in [0, 0.1) is 11.8 Å². The predicted molar refractivity (Wildman–Crippen MR) is 175 cm³/mol. The summed E-state index contributed by atoms with van der Waals surface area (Å²) in [6, 6.07) is 21.5. The molecule has 2 saturated heterocycles. The largest absolute Gasteiger partial charge is 0.319 e. The first-order chi connectivity index (χ1) is 21.7. The van der Waals surface area contributed by atoms with Crippen LogP contribution in [0.25, 0.3) is 0 Å². The fourth-order valence-electron chi connectivity index (χ4n) is 8.70. The number of hydrogen-bond donors (Lipinski definition) is 2. The van der Waals surface area contributed by atoms with Gasteiger partial charge in [-0.3, -0.25) is 9.59 Å². The summed E-state index contributed by atoms with van der Waals surface area (Å²) in [5, 5.41) is 7.39. The Labute approximate surface area is 263 Å². The van der Waals surface area contributed by atoms with Crippen LogP contribution in [0.1, 0.15) is 87.2 Å². The van der Waals surface area contributed by atoms with Crippen LogP contribution in [0.2, 0.25) is 0 Å². The normalized spacial score (nSPS) is 31.0. The molecule has 2 aromatic carbocycles. The first-order valence-electron chi connectivity index (χ1n) is 17.3. The molecule has 5 aliphatic rings. The number of hydrogen-bond acceptors (Lipinski definition) is 4. The molecule has 0 bridgehead atoms. The van der Waals surface area contributed by atoms with Crippen molar-refractivity contribution in [2.45, 2.75) is 88.1 Å². The molecule has 0 aromatic heterocycles. The highest BCUT2D eigenvalue weighted by molar-refractivity contribution is 5.91. The number of nitrogens with one attached hydrogen (secondary N) is 2. The van der Waals surface area contributed by atoms with E-state index in [0.29, 0.717) is 12.1 Å². The van der Waals surface area contributed by atoms with Crippen LogP contribution < -0.4 is 10.6 Å². The highest BCUT2D eigenvalue weighted by Gasteiger charge is 2.59. The number of amides is 2. The molecule has 1 aliphatic carbocycles. The van der Waals surface area contributed by atoms with Crippen LogP contribution >= 0.6 is 0 Å². The summed E-state index contributed by atoms with van der Waals surface area (Å²) < 4.78 is 0. The van der Waals surface area contributed by atoms with Crippen molar-refractivity contribution < 1.29 is 9.59 Å². The third kappa shape index (κ3) is 5.91. The quantitative estimate of drug-likeness (QED) is 0.426. The fourth-order valence-corrected chi connectivity index (χ4v) is 8.70. The van der Waals surface area contributed by atoms with Gasteiger partial charge in [0.05, 0.1) is 11.8 Å². The Morgan fingerprint density at radius 1 is 0.568 bits per heavy atom. The Morgan fingerprint density at radius 2 is 1.00 bits per heavy atom. The van der Waals surface area contributed by atoms with Gasteiger partial charge < -0.3 is 20.4 Å². The van der Waals surface area contributed by atoms with E-state index in [-0.39, 0.29) is 35.5 Å². The van der Waals surface area contributed by atoms with Crippen LogP contribution in [0.15, 0.2) is 84.2 Å². The first kappa shape index (κ1) is 29.5. The zero-order valence-corrected chi connectivity index (χ0v) is 26.0. The monoisotopic (exact) mass is 592 g/mol. The summed E-state index contributed by atoms with van der Waals surface area (Å²) >= 11 is 0. The molecule has 3 fully saturated rings. The van der Waals surface area contributed by atoms with Crippen molar-refractivity contribution in [1.29, 1.82) is 0 Å². The molecule has 1 saturated carbocycles. The molecule has 0 spiro atoms. The lowest BCUT2D eigenvalue weighted by Crippen LogP contribution is -2.57. The van der Waals surface area contributed by atoms with E-state index in [2.05, 4.69) is 71.6 Å². The minimum atomic E-state index is -0.281. The van der Waals surface area contributed by atoms with Crippen LogP contribution in [-0.4, -0.2) is 59.9 Å². The standard InChI is InChI=1S/C38H48N4O2/c43-37(41-23-11-17-29(25-41)31-19-7-9-21-39-31)35-33(27-13-3-1-4-14-27)36(34(35)28-15-5-2-6-16-28)38(44)42-24-12-18-30(26-42)32-20-8-10-22-40-32/h1-6,13-16,25-26,31-36,39-40H,7-12,17-24H2/t31-,32+,33?,34?,35?,36?. The number of nitrogens with zero attached hydrogens (tertiary/aromatic N) is 2. The molecule has 6 nitrogen and oxygen atoms in total. The van der Waals surface area contributed by atoms with Gasteiger partial charge in [-0.05, 0) is 86.7 Å². The van der Waals surface area contributed by atoms with E-state index in [1.807, 2.05) is 21.9 Å². The van der Waals surface area contributed by atoms with Gasteiger partial charge in [-0.15, -0.1) is 0 Å². The third-order valence-corrected chi connectivity index (χ3v) is 10.9. The van der Waals surface area contributed by atoms with Crippen molar-refractivity contribution in [1.82, 2.24) is 20.4 Å². The Morgan fingerprint density at radius 3 is 1.39 bits per heavy atom. The molecular formula is C38H48N4O2.